The first-order valence-corrected chi connectivity index (χ1v) is 5.13. The van der Waals surface area contributed by atoms with Crippen LogP contribution in [0.4, 0.5) is 0 Å². The van der Waals surface area contributed by atoms with Crippen LogP contribution in [0.3, 0.4) is 0 Å². The van der Waals surface area contributed by atoms with Gasteiger partial charge in [-0.2, -0.15) is 0 Å². The Balaban J connectivity index is 2.00. The molecule has 0 fully saturated rings. The van der Waals surface area contributed by atoms with Gasteiger partial charge in [0.05, 0.1) is 0 Å². The van der Waals surface area contributed by atoms with E-state index in [1.54, 1.807) is 0 Å². The number of nitrogen functional groups attached to an aromatic ring is 1. The number of nitrogens with zero attached hydrogens (tertiary/aromatic N) is 3. The zero-order valence-electron chi connectivity index (χ0n) is 9.17. The molecule has 0 saturated heterocycles. The van der Waals surface area contributed by atoms with Gasteiger partial charge in [0.1, 0.15) is 6.33 Å². The number of allylic oxidation sites excluding steroid dienone is 1. The Morgan fingerprint density at radius 1 is 1.31 bits per heavy atom. The van der Waals surface area contributed by atoms with Gasteiger partial charge in [-0.05, 0) is 12.5 Å². The lowest BCUT2D eigenvalue weighted by molar-refractivity contribution is 0.887. The van der Waals surface area contributed by atoms with Gasteiger partial charge in [-0.15, -0.1) is 10.2 Å². The standard InChI is InChI=1S/C12H14N4/c1-10-5-7-11(8-6-10)3-2-4-12-15-14-9-16(12)13/h2-3,5-9H,4,13H2,1H3/b3-2+. The summed E-state index contributed by atoms with van der Waals surface area (Å²) in [5.74, 6) is 6.35. The first kappa shape index (κ1) is 10.4. The van der Waals surface area contributed by atoms with Gasteiger partial charge in [0, 0.05) is 6.42 Å². The van der Waals surface area contributed by atoms with Gasteiger partial charge in [-0.25, -0.2) is 4.68 Å². The van der Waals surface area contributed by atoms with E-state index in [0.29, 0.717) is 6.42 Å². The van der Waals surface area contributed by atoms with E-state index in [4.69, 9.17) is 5.84 Å². The van der Waals surface area contributed by atoms with Crippen molar-refractivity contribution in [2.75, 3.05) is 5.84 Å². The van der Waals surface area contributed by atoms with E-state index < -0.39 is 0 Å². The average molecular weight is 214 g/mol. The van der Waals surface area contributed by atoms with Crippen LogP contribution < -0.4 is 5.84 Å². The molecule has 0 saturated carbocycles. The van der Waals surface area contributed by atoms with Crippen LogP contribution in [0.5, 0.6) is 0 Å². The molecule has 0 bridgehead atoms. The minimum absolute atomic E-state index is 0.685. The lowest BCUT2D eigenvalue weighted by Crippen LogP contribution is -2.10. The summed E-state index contributed by atoms with van der Waals surface area (Å²) in [6, 6.07) is 8.34. The van der Waals surface area contributed by atoms with Gasteiger partial charge in [-0.1, -0.05) is 42.0 Å². The van der Waals surface area contributed by atoms with Gasteiger partial charge in [0.2, 0.25) is 0 Å². The number of hydrogen-bond acceptors (Lipinski definition) is 3. The first-order chi connectivity index (χ1) is 7.75. The zero-order chi connectivity index (χ0) is 11.4. The normalized spacial score (nSPS) is 11.1. The molecule has 1 aromatic heterocycles. The molecule has 4 heteroatoms. The molecule has 0 radical (unpaired) electrons. The van der Waals surface area contributed by atoms with Gasteiger partial charge < -0.3 is 5.84 Å². The van der Waals surface area contributed by atoms with Crippen molar-refractivity contribution >= 4 is 6.08 Å². The number of aromatic nitrogens is 3. The molecule has 0 aliphatic heterocycles. The van der Waals surface area contributed by atoms with Crippen molar-refractivity contribution in [1.29, 1.82) is 0 Å². The highest BCUT2D eigenvalue weighted by Crippen LogP contribution is 2.05. The van der Waals surface area contributed by atoms with Crippen molar-refractivity contribution in [3.05, 3.63) is 53.6 Å². The van der Waals surface area contributed by atoms with Crippen LogP contribution in [0, 0.1) is 6.92 Å². The Morgan fingerprint density at radius 2 is 2.06 bits per heavy atom. The van der Waals surface area contributed by atoms with Gasteiger partial charge in [0.15, 0.2) is 5.82 Å². The molecule has 82 valence electrons. The third-order valence-electron chi connectivity index (χ3n) is 2.34. The van der Waals surface area contributed by atoms with E-state index >= 15 is 0 Å². The smallest absolute Gasteiger partial charge is 0.155 e. The fourth-order valence-electron chi connectivity index (χ4n) is 1.39. The van der Waals surface area contributed by atoms with Crippen LogP contribution >= 0.6 is 0 Å². The first-order valence-electron chi connectivity index (χ1n) is 5.13. The van der Waals surface area contributed by atoms with Crippen molar-refractivity contribution in [3.8, 4) is 0 Å². The monoisotopic (exact) mass is 214 g/mol. The van der Waals surface area contributed by atoms with Crippen molar-refractivity contribution in [3.63, 3.8) is 0 Å². The van der Waals surface area contributed by atoms with E-state index in [9.17, 15) is 0 Å². The molecular formula is C12H14N4. The van der Waals surface area contributed by atoms with Crippen molar-refractivity contribution < 1.29 is 0 Å². The van der Waals surface area contributed by atoms with Crippen molar-refractivity contribution in [1.82, 2.24) is 14.9 Å². The summed E-state index contributed by atoms with van der Waals surface area (Å²) in [5.41, 5.74) is 2.44. The molecule has 4 nitrogen and oxygen atoms in total. The summed E-state index contributed by atoms with van der Waals surface area (Å²) in [7, 11) is 0. The topological polar surface area (TPSA) is 56.7 Å². The maximum atomic E-state index is 5.60. The van der Waals surface area contributed by atoms with Crippen LogP contribution in [-0.4, -0.2) is 14.9 Å². The molecule has 1 aromatic carbocycles. The average Bonchev–Trinajstić information content (AvgIpc) is 2.68. The summed E-state index contributed by atoms with van der Waals surface area (Å²) < 4.78 is 1.43. The van der Waals surface area contributed by atoms with Crippen molar-refractivity contribution in [2.24, 2.45) is 0 Å². The minimum Gasteiger partial charge on any atom is -0.336 e. The molecule has 0 aliphatic carbocycles. The van der Waals surface area contributed by atoms with E-state index in [-0.39, 0.29) is 0 Å². The molecule has 2 N–H and O–H groups in total. The number of hydrogen-bond donors (Lipinski definition) is 1. The van der Waals surface area contributed by atoms with Crippen LogP contribution in [0.1, 0.15) is 17.0 Å². The maximum absolute atomic E-state index is 5.60. The SMILES string of the molecule is Cc1ccc(/C=C/Cc2nncn2N)cc1. The summed E-state index contributed by atoms with van der Waals surface area (Å²) in [6.07, 6.45) is 6.26. The predicted molar refractivity (Wildman–Crippen MR) is 64.1 cm³/mol. The number of nitrogens with two attached hydrogens (primary N) is 1. The van der Waals surface area contributed by atoms with Crippen LogP contribution in [0.15, 0.2) is 36.7 Å². The highest BCUT2D eigenvalue weighted by atomic mass is 15.4. The Kier molecular flexibility index (Phi) is 3.00. The molecule has 16 heavy (non-hydrogen) atoms. The predicted octanol–water partition coefficient (Wildman–Crippen LogP) is 1.56. The summed E-state index contributed by atoms with van der Waals surface area (Å²) in [4.78, 5) is 0. The van der Waals surface area contributed by atoms with Crippen molar-refractivity contribution in [2.45, 2.75) is 13.3 Å². The second-order valence-corrected chi connectivity index (χ2v) is 3.67. The van der Waals surface area contributed by atoms with Gasteiger partial charge in [-0.3, -0.25) is 0 Å². The summed E-state index contributed by atoms with van der Waals surface area (Å²) in [6.45, 7) is 2.07. The van der Waals surface area contributed by atoms with Crippen LogP contribution in [-0.2, 0) is 6.42 Å². The van der Waals surface area contributed by atoms with Gasteiger partial charge >= 0.3 is 0 Å². The number of aryl methyl sites for hydroxylation is 1. The number of rotatable bonds is 3. The van der Waals surface area contributed by atoms with E-state index in [2.05, 4.69) is 41.4 Å². The third-order valence-corrected chi connectivity index (χ3v) is 2.34. The highest BCUT2D eigenvalue weighted by Gasteiger charge is 1.96. The third kappa shape index (κ3) is 2.48. The minimum atomic E-state index is 0.685. The molecule has 0 aliphatic rings. The Bertz CT molecular complexity index is 482. The van der Waals surface area contributed by atoms with Crippen LogP contribution in [0.25, 0.3) is 6.08 Å². The molecule has 0 atom stereocenters. The molecule has 0 spiro atoms. The second-order valence-electron chi connectivity index (χ2n) is 3.67. The molecule has 2 aromatic rings. The molecule has 2 rings (SSSR count). The lowest BCUT2D eigenvalue weighted by Gasteiger charge is -1.96. The quantitative estimate of drug-likeness (QED) is 0.789. The van der Waals surface area contributed by atoms with E-state index in [0.717, 1.165) is 5.82 Å². The lowest BCUT2D eigenvalue weighted by atomic mass is 10.1. The fourth-order valence-corrected chi connectivity index (χ4v) is 1.39. The van der Waals surface area contributed by atoms with Crippen LogP contribution in [0.2, 0.25) is 0 Å². The number of benzene rings is 1. The molecule has 0 unspecified atom stereocenters. The van der Waals surface area contributed by atoms with E-state index in [1.807, 2.05) is 12.2 Å². The highest BCUT2D eigenvalue weighted by molar-refractivity contribution is 5.49. The Morgan fingerprint density at radius 3 is 2.69 bits per heavy atom. The van der Waals surface area contributed by atoms with E-state index in [1.165, 1.54) is 22.1 Å². The summed E-state index contributed by atoms with van der Waals surface area (Å²) >= 11 is 0. The molecule has 1 heterocycles. The molecule has 0 amide bonds. The fraction of sp³-hybridized carbons (Fsp3) is 0.167. The molecular weight excluding hydrogens is 200 g/mol. The summed E-state index contributed by atoms with van der Waals surface area (Å²) in [5, 5.41) is 7.61. The maximum Gasteiger partial charge on any atom is 0.155 e. The second kappa shape index (κ2) is 4.61. The Hall–Kier alpha value is -2.10. The zero-order valence-corrected chi connectivity index (χ0v) is 9.17. The Labute approximate surface area is 94.4 Å². The largest absolute Gasteiger partial charge is 0.336 e. The van der Waals surface area contributed by atoms with Gasteiger partial charge in [0.25, 0.3) is 0 Å².